The second-order valence-electron chi connectivity index (χ2n) is 7.65. The number of amides is 2. The minimum absolute atomic E-state index is 0.00843. The molecule has 2 aliphatic heterocycles. The molecule has 0 bridgehead atoms. The summed E-state index contributed by atoms with van der Waals surface area (Å²) in [6, 6.07) is 7.47. The Morgan fingerprint density at radius 3 is 2.67 bits per heavy atom. The maximum atomic E-state index is 12.8. The number of hydrogen-bond donors (Lipinski definition) is 0. The predicted octanol–water partition coefficient (Wildman–Crippen LogP) is 2.19. The monoisotopic (exact) mass is 410 g/mol. The average molecular weight is 410 g/mol. The van der Waals surface area contributed by atoms with Crippen molar-refractivity contribution in [2.24, 2.45) is 0 Å². The summed E-state index contributed by atoms with van der Waals surface area (Å²) in [6.45, 7) is 3.05. The number of carbonyl (C=O) groups excluding carboxylic acids is 2. The van der Waals surface area contributed by atoms with E-state index in [1.807, 2.05) is 31.2 Å². The molecule has 30 heavy (non-hydrogen) atoms. The van der Waals surface area contributed by atoms with Crippen molar-refractivity contribution in [3.05, 3.63) is 46.9 Å². The second kappa shape index (κ2) is 8.39. The van der Waals surface area contributed by atoms with Crippen molar-refractivity contribution >= 4 is 17.6 Å². The van der Waals surface area contributed by atoms with Crippen molar-refractivity contribution < 1.29 is 19.1 Å². The second-order valence-corrected chi connectivity index (χ2v) is 7.65. The van der Waals surface area contributed by atoms with Crippen LogP contribution in [0.4, 0.5) is 5.82 Å². The number of aryl methyl sites for hydroxylation is 1. The molecule has 2 amide bonds. The number of likely N-dealkylation sites (tertiary alicyclic amines) is 1. The third-order valence-corrected chi connectivity index (χ3v) is 5.73. The van der Waals surface area contributed by atoms with Crippen LogP contribution in [0.1, 0.15) is 41.5 Å². The van der Waals surface area contributed by atoms with Crippen LogP contribution in [0.25, 0.3) is 0 Å². The van der Waals surface area contributed by atoms with Crippen molar-refractivity contribution in [1.29, 1.82) is 0 Å². The SMILES string of the molecule is COCC(=O)N1CCCC1c1nc(C)c2c(n1)N(Cc1ccc(OC)cc1)C(=O)C2. The minimum Gasteiger partial charge on any atom is -0.497 e. The van der Waals surface area contributed by atoms with Gasteiger partial charge in [-0.3, -0.25) is 14.5 Å². The smallest absolute Gasteiger partial charge is 0.249 e. The van der Waals surface area contributed by atoms with E-state index in [1.54, 1.807) is 16.9 Å². The van der Waals surface area contributed by atoms with Crippen molar-refractivity contribution in [3.8, 4) is 5.75 Å². The number of methoxy groups -OCH3 is 2. The molecule has 2 aliphatic rings. The number of aromatic nitrogens is 2. The lowest BCUT2D eigenvalue weighted by atomic mass is 10.1. The minimum atomic E-state index is -0.185. The maximum absolute atomic E-state index is 12.8. The van der Waals surface area contributed by atoms with Crippen LogP contribution in [-0.4, -0.2) is 54.1 Å². The molecule has 8 heteroatoms. The molecule has 0 spiro atoms. The highest BCUT2D eigenvalue weighted by Crippen LogP contribution is 2.35. The summed E-state index contributed by atoms with van der Waals surface area (Å²) >= 11 is 0. The normalized spacial score (nSPS) is 18.1. The number of ether oxygens (including phenoxy) is 2. The molecule has 3 heterocycles. The van der Waals surface area contributed by atoms with Crippen molar-refractivity contribution in [1.82, 2.24) is 14.9 Å². The summed E-state index contributed by atoms with van der Waals surface area (Å²) in [4.78, 5) is 38.1. The fraction of sp³-hybridized carbons (Fsp3) is 0.455. The molecule has 0 N–H and O–H groups in total. The fourth-order valence-corrected chi connectivity index (χ4v) is 4.16. The van der Waals surface area contributed by atoms with Gasteiger partial charge in [-0.2, -0.15) is 0 Å². The van der Waals surface area contributed by atoms with E-state index in [-0.39, 0.29) is 24.5 Å². The van der Waals surface area contributed by atoms with Crippen molar-refractivity contribution in [2.45, 2.75) is 38.8 Å². The van der Waals surface area contributed by atoms with Gasteiger partial charge in [0.05, 0.1) is 26.1 Å². The van der Waals surface area contributed by atoms with Gasteiger partial charge in [0, 0.05) is 24.9 Å². The van der Waals surface area contributed by atoms with E-state index in [9.17, 15) is 9.59 Å². The van der Waals surface area contributed by atoms with Crippen molar-refractivity contribution in [2.75, 3.05) is 32.3 Å². The van der Waals surface area contributed by atoms with Crippen LogP contribution in [0.15, 0.2) is 24.3 Å². The van der Waals surface area contributed by atoms with Gasteiger partial charge in [-0.15, -0.1) is 0 Å². The standard InChI is InChI=1S/C22H26N4O4/c1-14-17-11-19(27)26(12-15-6-8-16(30-3)9-7-15)22(17)24-21(23-14)18-5-4-10-25(18)20(28)13-29-2/h6-9,18H,4-5,10-13H2,1-3H3. The molecular weight excluding hydrogens is 384 g/mol. The Labute approximate surface area is 175 Å². The number of hydrogen-bond acceptors (Lipinski definition) is 6. The predicted molar refractivity (Wildman–Crippen MR) is 110 cm³/mol. The first kappa shape index (κ1) is 20.3. The van der Waals surface area contributed by atoms with E-state index in [4.69, 9.17) is 14.5 Å². The van der Waals surface area contributed by atoms with Gasteiger partial charge >= 0.3 is 0 Å². The summed E-state index contributed by atoms with van der Waals surface area (Å²) in [5.41, 5.74) is 2.66. The van der Waals surface area contributed by atoms with Gasteiger partial charge in [0.25, 0.3) is 0 Å². The van der Waals surface area contributed by atoms with Crippen LogP contribution in [0.5, 0.6) is 5.75 Å². The maximum Gasteiger partial charge on any atom is 0.249 e. The van der Waals surface area contributed by atoms with E-state index >= 15 is 0 Å². The third-order valence-electron chi connectivity index (χ3n) is 5.73. The number of rotatable bonds is 6. The Bertz CT molecular complexity index is 960. The van der Waals surface area contributed by atoms with E-state index in [0.717, 1.165) is 35.4 Å². The summed E-state index contributed by atoms with van der Waals surface area (Å²) in [5, 5.41) is 0. The Balaban J connectivity index is 1.63. The number of nitrogens with zero attached hydrogens (tertiary/aromatic N) is 4. The molecule has 1 unspecified atom stereocenters. The lowest BCUT2D eigenvalue weighted by Gasteiger charge is -2.25. The zero-order valence-corrected chi connectivity index (χ0v) is 17.6. The Morgan fingerprint density at radius 2 is 1.97 bits per heavy atom. The topological polar surface area (TPSA) is 84.9 Å². The number of carbonyl (C=O) groups is 2. The molecule has 1 fully saturated rings. The Kier molecular flexibility index (Phi) is 5.67. The molecule has 0 saturated carbocycles. The first-order valence-corrected chi connectivity index (χ1v) is 10.1. The summed E-state index contributed by atoms with van der Waals surface area (Å²) in [6.07, 6.45) is 2.00. The summed E-state index contributed by atoms with van der Waals surface area (Å²) < 4.78 is 10.2. The van der Waals surface area contributed by atoms with E-state index in [0.29, 0.717) is 31.2 Å². The van der Waals surface area contributed by atoms with Gasteiger partial charge in [-0.25, -0.2) is 9.97 Å². The zero-order chi connectivity index (χ0) is 21.3. The first-order chi connectivity index (χ1) is 14.5. The van der Waals surface area contributed by atoms with Crippen molar-refractivity contribution in [3.63, 3.8) is 0 Å². The highest BCUT2D eigenvalue weighted by atomic mass is 16.5. The zero-order valence-electron chi connectivity index (χ0n) is 17.6. The highest BCUT2D eigenvalue weighted by Gasteiger charge is 2.36. The molecule has 2 aromatic rings. The van der Waals surface area contributed by atoms with E-state index < -0.39 is 0 Å². The van der Waals surface area contributed by atoms with Crippen LogP contribution in [0.2, 0.25) is 0 Å². The van der Waals surface area contributed by atoms with Crippen LogP contribution in [0.3, 0.4) is 0 Å². The molecule has 0 radical (unpaired) electrons. The van der Waals surface area contributed by atoms with Gasteiger partial charge in [-0.1, -0.05) is 12.1 Å². The van der Waals surface area contributed by atoms with E-state index in [1.165, 1.54) is 7.11 Å². The molecule has 1 aromatic carbocycles. The van der Waals surface area contributed by atoms with Gasteiger partial charge in [-0.05, 0) is 37.5 Å². The van der Waals surface area contributed by atoms with Gasteiger partial charge in [0.1, 0.15) is 18.2 Å². The lowest BCUT2D eigenvalue weighted by molar-refractivity contribution is -0.136. The molecule has 1 atom stereocenters. The number of anilines is 1. The average Bonchev–Trinajstić information content (AvgIpc) is 3.35. The van der Waals surface area contributed by atoms with Gasteiger partial charge in [0.15, 0.2) is 5.82 Å². The van der Waals surface area contributed by atoms with Crippen LogP contribution in [0, 0.1) is 6.92 Å². The Hall–Kier alpha value is -3.00. The van der Waals surface area contributed by atoms with Crippen LogP contribution < -0.4 is 9.64 Å². The largest absolute Gasteiger partial charge is 0.497 e. The lowest BCUT2D eigenvalue weighted by Crippen LogP contribution is -2.34. The quantitative estimate of drug-likeness (QED) is 0.726. The van der Waals surface area contributed by atoms with Crippen LogP contribution in [-0.2, 0) is 27.3 Å². The first-order valence-electron chi connectivity index (χ1n) is 10.1. The summed E-state index contributed by atoms with van der Waals surface area (Å²) in [5.74, 6) is 1.98. The summed E-state index contributed by atoms with van der Waals surface area (Å²) in [7, 11) is 3.14. The van der Waals surface area contributed by atoms with E-state index in [2.05, 4.69) is 4.98 Å². The molecule has 1 aromatic heterocycles. The highest BCUT2D eigenvalue weighted by molar-refractivity contribution is 6.00. The molecule has 4 rings (SSSR count). The fourth-order valence-electron chi connectivity index (χ4n) is 4.16. The third kappa shape index (κ3) is 3.75. The molecular formula is C22H26N4O4. The van der Waals surface area contributed by atoms with Gasteiger partial charge in [0.2, 0.25) is 11.8 Å². The number of benzene rings is 1. The van der Waals surface area contributed by atoms with Crippen LogP contribution >= 0.6 is 0 Å². The van der Waals surface area contributed by atoms with Gasteiger partial charge < -0.3 is 14.4 Å². The molecule has 1 saturated heterocycles. The molecule has 0 aliphatic carbocycles. The number of fused-ring (bicyclic) bond motifs is 1. The molecule has 8 nitrogen and oxygen atoms in total. The Morgan fingerprint density at radius 1 is 1.20 bits per heavy atom. The molecule has 158 valence electrons.